The Morgan fingerprint density at radius 2 is 2.36 bits per heavy atom. The normalized spacial score (nSPS) is 10.6. The van der Waals surface area contributed by atoms with Crippen molar-refractivity contribution in [1.82, 2.24) is 15.2 Å². The highest BCUT2D eigenvalue weighted by molar-refractivity contribution is 5.94. The van der Waals surface area contributed by atoms with Gasteiger partial charge in [-0.25, -0.2) is 9.78 Å². The number of aromatic amines is 1. The van der Waals surface area contributed by atoms with Gasteiger partial charge in [0, 0.05) is 11.6 Å². The fraction of sp³-hybridized carbons (Fsp3) is 0.222. The van der Waals surface area contributed by atoms with Crippen LogP contribution in [0.25, 0.3) is 11.0 Å². The Kier molecular flexibility index (Phi) is 1.92. The summed E-state index contributed by atoms with van der Waals surface area (Å²) in [6.45, 7) is 1.91. The van der Waals surface area contributed by atoms with Gasteiger partial charge in [0.2, 0.25) is 0 Å². The minimum atomic E-state index is -0.947. The predicted molar refractivity (Wildman–Crippen MR) is 50.2 cm³/mol. The number of carboxylic acid groups (broad SMARTS) is 1. The number of aryl methyl sites for hydroxylation is 1. The SMILES string of the molecule is CCc1c(C(=O)O)cnc2[nH]ncc12. The summed E-state index contributed by atoms with van der Waals surface area (Å²) < 4.78 is 0. The first-order chi connectivity index (χ1) is 6.74. The molecule has 0 saturated carbocycles. The van der Waals surface area contributed by atoms with Gasteiger partial charge in [-0.15, -0.1) is 0 Å². The zero-order valence-corrected chi connectivity index (χ0v) is 7.61. The summed E-state index contributed by atoms with van der Waals surface area (Å²) in [5, 5.41) is 16.2. The van der Waals surface area contributed by atoms with Crippen molar-refractivity contribution in [3.05, 3.63) is 23.5 Å². The van der Waals surface area contributed by atoms with E-state index in [-0.39, 0.29) is 5.56 Å². The molecule has 2 heterocycles. The molecule has 0 aromatic carbocycles. The van der Waals surface area contributed by atoms with Gasteiger partial charge in [-0.3, -0.25) is 5.10 Å². The Balaban J connectivity index is 2.78. The molecule has 2 rings (SSSR count). The molecule has 0 aliphatic carbocycles. The van der Waals surface area contributed by atoms with Crippen molar-refractivity contribution in [2.75, 3.05) is 0 Å². The lowest BCUT2D eigenvalue weighted by atomic mass is 10.1. The van der Waals surface area contributed by atoms with E-state index >= 15 is 0 Å². The topological polar surface area (TPSA) is 78.9 Å². The van der Waals surface area contributed by atoms with Gasteiger partial charge in [-0.1, -0.05) is 6.92 Å². The van der Waals surface area contributed by atoms with Crippen LogP contribution in [0.15, 0.2) is 12.4 Å². The van der Waals surface area contributed by atoms with E-state index < -0.39 is 5.97 Å². The first kappa shape index (κ1) is 8.68. The first-order valence-electron chi connectivity index (χ1n) is 4.28. The van der Waals surface area contributed by atoms with E-state index in [0.29, 0.717) is 12.1 Å². The van der Waals surface area contributed by atoms with Gasteiger partial charge in [0.1, 0.15) is 0 Å². The number of fused-ring (bicyclic) bond motifs is 1. The number of H-pyrrole nitrogens is 1. The summed E-state index contributed by atoms with van der Waals surface area (Å²) in [6, 6.07) is 0. The van der Waals surface area contributed by atoms with Gasteiger partial charge < -0.3 is 5.11 Å². The maximum Gasteiger partial charge on any atom is 0.337 e. The van der Waals surface area contributed by atoms with Crippen LogP contribution >= 0.6 is 0 Å². The van der Waals surface area contributed by atoms with E-state index in [2.05, 4.69) is 15.2 Å². The summed E-state index contributed by atoms with van der Waals surface area (Å²) in [6.07, 6.45) is 3.62. The van der Waals surface area contributed by atoms with Gasteiger partial charge in [-0.2, -0.15) is 5.10 Å². The van der Waals surface area contributed by atoms with Crippen molar-refractivity contribution in [3.8, 4) is 0 Å². The van der Waals surface area contributed by atoms with Crippen LogP contribution in [0.2, 0.25) is 0 Å². The number of nitrogens with one attached hydrogen (secondary N) is 1. The monoisotopic (exact) mass is 191 g/mol. The molecule has 14 heavy (non-hydrogen) atoms. The highest BCUT2D eigenvalue weighted by Crippen LogP contribution is 2.18. The van der Waals surface area contributed by atoms with Crippen molar-refractivity contribution in [2.45, 2.75) is 13.3 Å². The Morgan fingerprint density at radius 1 is 1.57 bits per heavy atom. The lowest BCUT2D eigenvalue weighted by Gasteiger charge is -2.02. The van der Waals surface area contributed by atoms with Crippen molar-refractivity contribution >= 4 is 17.0 Å². The van der Waals surface area contributed by atoms with Crippen molar-refractivity contribution in [2.24, 2.45) is 0 Å². The summed E-state index contributed by atoms with van der Waals surface area (Å²) in [5.74, 6) is -0.947. The van der Waals surface area contributed by atoms with E-state index in [9.17, 15) is 4.79 Å². The molecule has 0 amide bonds. The minimum absolute atomic E-state index is 0.251. The smallest absolute Gasteiger partial charge is 0.337 e. The second kappa shape index (κ2) is 3.10. The Morgan fingerprint density at radius 3 is 3.00 bits per heavy atom. The molecule has 0 radical (unpaired) electrons. The first-order valence-corrected chi connectivity index (χ1v) is 4.28. The van der Waals surface area contributed by atoms with Crippen molar-refractivity contribution in [1.29, 1.82) is 0 Å². The molecule has 72 valence electrons. The van der Waals surface area contributed by atoms with Crippen LogP contribution in [0, 0.1) is 0 Å². The van der Waals surface area contributed by atoms with Gasteiger partial charge in [-0.05, 0) is 12.0 Å². The highest BCUT2D eigenvalue weighted by atomic mass is 16.4. The number of hydrogen-bond acceptors (Lipinski definition) is 3. The number of nitrogens with zero attached hydrogens (tertiary/aromatic N) is 2. The third-order valence-electron chi connectivity index (χ3n) is 2.18. The summed E-state index contributed by atoms with van der Waals surface area (Å²) in [4.78, 5) is 14.8. The Bertz CT molecular complexity index is 490. The maximum atomic E-state index is 10.9. The number of carboxylic acids is 1. The number of carbonyl (C=O) groups is 1. The van der Waals surface area contributed by atoms with Crippen LogP contribution in [-0.2, 0) is 6.42 Å². The van der Waals surface area contributed by atoms with E-state index in [1.165, 1.54) is 6.20 Å². The van der Waals surface area contributed by atoms with Crippen LogP contribution in [-0.4, -0.2) is 26.3 Å². The molecule has 5 heteroatoms. The second-order valence-electron chi connectivity index (χ2n) is 2.94. The number of aromatic carboxylic acids is 1. The quantitative estimate of drug-likeness (QED) is 0.747. The standard InChI is InChI=1S/C9H9N3O2/c1-2-5-6-4-11-12-8(6)10-3-7(5)9(13)14/h3-4H,2H2,1H3,(H,13,14)(H,10,11,12). The molecule has 5 nitrogen and oxygen atoms in total. The largest absolute Gasteiger partial charge is 0.478 e. The molecular weight excluding hydrogens is 182 g/mol. The zero-order chi connectivity index (χ0) is 10.1. The molecule has 2 aromatic rings. The van der Waals surface area contributed by atoms with E-state index in [4.69, 9.17) is 5.11 Å². The fourth-order valence-corrected chi connectivity index (χ4v) is 1.52. The summed E-state index contributed by atoms with van der Waals surface area (Å²) >= 11 is 0. The summed E-state index contributed by atoms with van der Waals surface area (Å²) in [7, 11) is 0. The van der Waals surface area contributed by atoms with Crippen molar-refractivity contribution < 1.29 is 9.90 Å². The number of pyridine rings is 1. The molecule has 0 fully saturated rings. The van der Waals surface area contributed by atoms with Gasteiger partial charge in [0.15, 0.2) is 5.65 Å². The molecule has 0 spiro atoms. The van der Waals surface area contributed by atoms with Gasteiger partial charge >= 0.3 is 5.97 Å². The number of hydrogen-bond donors (Lipinski definition) is 2. The molecule has 0 saturated heterocycles. The number of rotatable bonds is 2. The van der Waals surface area contributed by atoms with Crippen LogP contribution < -0.4 is 0 Å². The summed E-state index contributed by atoms with van der Waals surface area (Å²) in [5.41, 5.74) is 1.66. The lowest BCUT2D eigenvalue weighted by Crippen LogP contribution is -2.03. The van der Waals surface area contributed by atoms with Crippen LogP contribution in [0.3, 0.4) is 0 Å². The predicted octanol–water partition coefficient (Wildman–Crippen LogP) is 1.22. The third kappa shape index (κ3) is 1.14. The molecule has 0 bridgehead atoms. The third-order valence-corrected chi connectivity index (χ3v) is 2.18. The number of aromatic nitrogens is 3. The minimum Gasteiger partial charge on any atom is -0.478 e. The van der Waals surface area contributed by atoms with Gasteiger partial charge in [0.25, 0.3) is 0 Å². The van der Waals surface area contributed by atoms with Crippen LogP contribution in [0.4, 0.5) is 0 Å². The zero-order valence-electron chi connectivity index (χ0n) is 7.61. The van der Waals surface area contributed by atoms with E-state index in [1.807, 2.05) is 6.92 Å². The molecule has 0 atom stereocenters. The molecule has 0 unspecified atom stereocenters. The molecule has 0 aliphatic rings. The van der Waals surface area contributed by atoms with Crippen molar-refractivity contribution in [3.63, 3.8) is 0 Å². The maximum absolute atomic E-state index is 10.9. The van der Waals surface area contributed by atoms with Crippen LogP contribution in [0.5, 0.6) is 0 Å². The lowest BCUT2D eigenvalue weighted by molar-refractivity contribution is 0.0695. The average Bonchev–Trinajstić information content (AvgIpc) is 2.63. The Hall–Kier alpha value is -1.91. The molecular formula is C9H9N3O2. The van der Waals surface area contributed by atoms with E-state index in [1.54, 1.807) is 6.20 Å². The van der Waals surface area contributed by atoms with Crippen LogP contribution in [0.1, 0.15) is 22.8 Å². The molecule has 2 N–H and O–H groups in total. The second-order valence-corrected chi connectivity index (χ2v) is 2.94. The average molecular weight is 191 g/mol. The molecule has 2 aromatic heterocycles. The van der Waals surface area contributed by atoms with E-state index in [0.717, 1.165) is 10.9 Å². The van der Waals surface area contributed by atoms with Gasteiger partial charge in [0.05, 0.1) is 11.8 Å². The highest BCUT2D eigenvalue weighted by Gasteiger charge is 2.13. The molecule has 0 aliphatic heterocycles. The Labute approximate surface area is 79.8 Å². The fourth-order valence-electron chi connectivity index (χ4n) is 1.52.